The van der Waals surface area contributed by atoms with E-state index in [0.29, 0.717) is 10.6 Å². The average Bonchev–Trinajstić information content (AvgIpc) is 3.08. The third kappa shape index (κ3) is 4.50. The third-order valence-electron chi connectivity index (χ3n) is 5.08. The number of alkyl halides is 3. The van der Waals surface area contributed by atoms with Crippen molar-refractivity contribution in [1.82, 2.24) is 15.1 Å². The lowest BCUT2D eigenvalue weighted by Crippen LogP contribution is -2.35. The van der Waals surface area contributed by atoms with E-state index in [0.717, 1.165) is 10.2 Å². The number of rotatable bonds is 4. The van der Waals surface area contributed by atoms with Crippen LogP contribution in [0.4, 0.5) is 19.0 Å². The normalized spacial score (nSPS) is 18.2. The number of anilines is 1. The molecule has 5 nitrogen and oxygen atoms in total. The second-order valence-corrected chi connectivity index (χ2v) is 7.98. The summed E-state index contributed by atoms with van der Waals surface area (Å²) in [4.78, 5) is 12.6. The van der Waals surface area contributed by atoms with Crippen LogP contribution in [-0.4, -0.2) is 21.9 Å². The molecule has 0 radical (unpaired) electrons. The highest BCUT2D eigenvalue weighted by molar-refractivity contribution is 6.36. The Kier molecular flexibility index (Phi) is 5.85. The fraction of sp³-hybridized carbons (Fsp3) is 0.238. The highest BCUT2D eigenvalue weighted by atomic mass is 35.5. The summed E-state index contributed by atoms with van der Waals surface area (Å²) < 4.78 is 42.3. The first-order valence-electron chi connectivity index (χ1n) is 9.43. The summed E-state index contributed by atoms with van der Waals surface area (Å²) in [6.45, 7) is 0.196. The molecule has 4 rings (SSSR count). The number of hydrogen-bond acceptors (Lipinski definition) is 3. The Morgan fingerprint density at radius 3 is 2.45 bits per heavy atom. The van der Waals surface area contributed by atoms with Gasteiger partial charge in [-0.3, -0.25) is 4.79 Å². The van der Waals surface area contributed by atoms with E-state index in [4.69, 9.17) is 23.2 Å². The van der Waals surface area contributed by atoms with Crippen molar-refractivity contribution in [3.8, 4) is 0 Å². The van der Waals surface area contributed by atoms with Crippen LogP contribution in [-0.2, 0) is 6.54 Å². The van der Waals surface area contributed by atoms with Crippen LogP contribution in [0.1, 0.15) is 40.1 Å². The molecule has 1 aliphatic heterocycles. The number of carbonyl (C=O) groups excluding carboxylic acids is 1. The molecule has 2 N–H and O–H groups in total. The first-order chi connectivity index (χ1) is 14.7. The SMILES string of the molecule is O=C(NCc1ccccc1)c1nn2c(c1Cl)N[C@@H](c1ccc(Cl)cc1)C[C@@H]2C(F)(F)F. The molecule has 3 aromatic rings. The maximum atomic E-state index is 13.8. The first kappa shape index (κ1) is 21.5. The second kappa shape index (κ2) is 8.43. The lowest BCUT2D eigenvalue weighted by Gasteiger charge is -2.33. The largest absolute Gasteiger partial charge is 0.410 e. The maximum absolute atomic E-state index is 13.8. The van der Waals surface area contributed by atoms with Crippen LogP contribution in [0.15, 0.2) is 54.6 Å². The van der Waals surface area contributed by atoms with Crippen LogP contribution in [0, 0.1) is 0 Å². The maximum Gasteiger partial charge on any atom is 0.410 e. The van der Waals surface area contributed by atoms with Gasteiger partial charge in [-0.05, 0) is 23.3 Å². The predicted octanol–water partition coefficient (Wildman–Crippen LogP) is 5.78. The van der Waals surface area contributed by atoms with Gasteiger partial charge in [0.15, 0.2) is 11.7 Å². The van der Waals surface area contributed by atoms with E-state index in [1.54, 1.807) is 24.3 Å². The molecule has 1 aromatic heterocycles. The van der Waals surface area contributed by atoms with Crippen molar-refractivity contribution in [2.75, 3.05) is 5.32 Å². The van der Waals surface area contributed by atoms with Crippen molar-refractivity contribution >= 4 is 34.9 Å². The van der Waals surface area contributed by atoms with E-state index >= 15 is 0 Å². The standard InChI is InChI=1S/C21H17Cl2F3N4O/c22-14-8-6-13(7-9-14)15-10-16(21(24,25)26)30-19(28-15)17(23)18(29-30)20(31)27-11-12-4-2-1-3-5-12/h1-9,15-16,28H,10-11H2,(H,27,31)/t15-,16-/m1/s1. The number of fused-ring (bicyclic) bond motifs is 1. The van der Waals surface area contributed by atoms with Crippen LogP contribution in [0.5, 0.6) is 0 Å². The van der Waals surface area contributed by atoms with Gasteiger partial charge in [0.2, 0.25) is 0 Å². The molecule has 2 atom stereocenters. The number of halogens is 5. The molecule has 0 fully saturated rings. The molecule has 162 valence electrons. The number of nitrogens with one attached hydrogen (secondary N) is 2. The highest BCUT2D eigenvalue weighted by Crippen LogP contribution is 2.46. The van der Waals surface area contributed by atoms with Gasteiger partial charge < -0.3 is 10.6 Å². The van der Waals surface area contributed by atoms with Gasteiger partial charge in [0, 0.05) is 18.0 Å². The predicted molar refractivity (Wildman–Crippen MR) is 112 cm³/mol. The molecule has 0 saturated carbocycles. The van der Waals surface area contributed by atoms with E-state index < -0.39 is 24.2 Å². The minimum Gasteiger partial charge on any atom is -0.362 e. The smallest absolute Gasteiger partial charge is 0.362 e. The summed E-state index contributed by atoms with van der Waals surface area (Å²) in [7, 11) is 0. The Labute approximate surface area is 186 Å². The minimum atomic E-state index is -4.57. The number of amides is 1. The van der Waals surface area contributed by atoms with Crippen LogP contribution >= 0.6 is 23.2 Å². The van der Waals surface area contributed by atoms with Crippen LogP contribution in [0.3, 0.4) is 0 Å². The van der Waals surface area contributed by atoms with Crippen LogP contribution in [0.2, 0.25) is 10.0 Å². The summed E-state index contributed by atoms with van der Waals surface area (Å²) >= 11 is 12.2. The number of aromatic nitrogens is 2. The monoisotopic (exact) mass is 468 g/mol. The molecule has 2 aromatic carbocycles. The number of carbonyl (C=O) groups is 1. The lowest BCUT2D eigenvalue weighted by atomic mass is 9.97. The Bertz CT molecular complexity index is 1080. The average molecular weight is 469 g/mol. The second-order valence-electron chi connectivity index (χ2n) is 7.17. The molecule has 31 heavy (non-hydrogen) atoms. The van der Waals surface area contributed by atoms with Crippen LogP contribution in [0.25, 0.3) is 0 Å². The summed E-state index contributed by atoms with van der Waals surface area (Å²) in [5.74, 6) is -0.693. The summed E-state index contributed by atoms with van der Waals surface area (Å²) in [5, 5.41) is 9.89. The van der Waals surface area contributed by atoms with Gasteiger partial charge in [-0.15, -0.1) is 0 Å². The molecule has 0 aliphatic carbocycles. The van der Waals surface area contributed by atoms with Crippen molar-refractivity contribution in [3.05, 3.63) is 81.5 Å². The van der Waals surface area contributed by atoms with Crippen molar-refractivity contribution in [1.29, 1.82) is 0 Å². The van der Waals surface area contributed by atoms with Gasteiger partial charge in [-0.2, -0.15) is 18.3 Å². The zero-order valence-corrected chi connectivity index (χ0v) is 17.5. The number of hydrogen-bond donors (Lipinski definition) is 2. The molecule has 0 spiro atoms. The third-order valence-corrected chi connectivity index (χ3v) is 5.69. The highest BCUT2D eigenvalue weighted by Gasteiger charge is 2.47. The molecule has 10 heteroatoms. The zero-order valence-electron chi connectivity index (χ0n) is 16.0. The molecule has 0 unspecified atom stereocenters. The fourth-order valence-corrected chi connectivity index (χ4v) is 3.90. The van der Waals surface area contributed by atoms with E-state index in [-0.39, 0.29) is 29.5 Å². The van der Waals surface area contributed by atoms with Gasteiger partial charge in [0.05, 0.1) is 6.04 Å². The molecule has 0 saturated heterocycles. The molecular formula is C21H17Cl2F3N4O. The Morgan fingerprint density at radius 1 is 1.13 bits per heavy atom. The van der Waals surface area contributed by atoms with Gasteiger partial charge in [0.25, 0.3) is 5.91 Å². The first-order valence-corrected chi connectivity index (χ1v) is 10.2. The van der Waals surface area contributed by atoms with Gasteiger partial charge in [-0.25, -0.2) is 4.68 Å². The molecule has 1 amide bonds. The molecule has 1 aliphatic rings. The minimum absolute atomic E-state index is 0.0416. The van der Waals surface area contributed by atoms with Crippen molar-refractivity contribution in [2.45, 2.75) is 31.2 Å². The fourth-order valence-electron chi connectivity index (χ4n) is 3.51. The topological polar surface area (TPSA) is 59.0 Å². The van der Waals surface area contributed by atoms with Gasteiger partial charge in [-0.1, -0.05) is 65.7 Å². The molecule has 0 bridgehead atoms. The summed E-state index contributed by atoms with van der Waals surface area (Å²) in [6.07, 6.45) is -4.88. The lowest BCUT2D eigenvalue weighted by molar-refractivity contribution is -0.173. The number of benzene rings is 2. The number of nitrogens with zero attached hydrogens (tertiary/aromatic N) is 2. The van der Waals surface area contributed by atoms with E-state index in [2.05, 4.69) is 15.7 Å². The van der Waals surface area contributed by atoms with Crippen molar-refractivity contribution in [3.63, 3.8) is 0 Å². The Hall–Kier alpha value is -2.71. The summed E-state index contributed by atoms with van der Waals surface area (Å²) in [5.41, 5.74) is 1.20. The quantitative estimate of drug-likeness (QED) is 0.510. The van der Waals surface area contributed by atoms with E-state index in [1.807, 2.05) is 30.3 Å². The van der Waals surface area contributed by atoms with Crippen LogP contribution < -0.4 is 10.6 Å². The van der Waals surface area contributed by atoms with Crippen molar-refractivity contribution in [2.24, 2.45) is 0 Å². The zero-order chi connectivity index (χ0) is 22.2. The van der Waals surface area contributed by atoms with Gasteiger partial charge in [0.1, 0.15) is 10.8 Å². The Morgan fingerprint density at radius 2 is 1.81 bits per heavy atom. The molecular weight excluding hydrogens is 452 g/mol. The summed E-state index contributed by atoms with van der Waals surface area (Å²) in [6, 6.07) is 13.0. The van der Waals surface area contributed by atoms with Crippen molar-refractivity contribution < 1.29 is 18.0 Å². The van der Waals surface area contributed by atoms with E-state index in [1.165, 1.54) is 0 Å². The van der Waals surface area contributed by atoms with Gasteiger partial charge >= 0.3 is 6.18 Å². The van der Waals surface area contributed by atoms with E-state index in [9.17, 15) is 18.0 Å². The molecule has 2 heterocycles. The Balaban J connectivity index is 1.64.